The number of halogens is 1. The maximum absolute atomic E-state index is 9.14. The van der Waals surface area contributed by atoms with Crippen LogP contribution in [-0.2, 0) is 4.79 Å². The van der Waals surface area contributed by atoms with Crippen molar-refractivity contribution in [2.75, 3.05) is 52.4 Å². The third-order valence-electron chi connectivity index (χ3n) is 5.53. The molecule has 0 spiro atoms. The second-order valence-corrected chi connectivity index (χ2v) is 5.74. The molecule has 0 N–H and O–H groups in total. The predicted molar refractivity (Wildman–Crippen MR) is 100 cm³/mol. The van der Waals surface area contributed by atoms with Gasteiger partial charge < -0.3 is 31.3 Å². The summed E-state index contributed by atoms with van der Waals surface area (Å²) in [5.74, 6) is -1.23. The molecule has 4 nitrogen and oxygen atoms in total. The Labute approximate surface area is 158 Å². The van der Waals surface area contributed by atoms with Gasteiger partial charge in [-0.15, -0.1) is 0 Å². The van der Waals surface area contributed by atoms with E-state index >= 15 is 0 Å². The van der Waals surface area contributed by atoms with Crippen LogP contribution in [0.25, 0.3) is 0 Å². The summed E-state index contributed by atoms with van der Waals surface area (Å²) < 4.78 is 2.56. The number of hydrogen-bond donors (Lipinski definition) is 0. The minimum atomic E-state index is -1.23. The van der Waals surface area contributed by atoms with Gasteiger partial charge in [-0.25, -0.2) is 0 Å². The summed E-state index contributed by atoms with van der Waals surface area (Å²) in [6, 6.07) is 0. The van der Waals surface area contributed by atoms with Gasteiger partial charge in [0, 0.05) is 0 Å². The lowest BCUT2D eigenvalue weighted by atomic mass is 10.3. The van der Waals surface area contributed by atoms with E-state index in [1.165, 1.54) is 61.3 Å². The van der Waals surface area contributed by atoms with Crippen molar-refractivity contribution >= 4 is 5.97 Å². The summed E-state index contributed by atoms with van der Waals surface area (Å²) in [4.78, 5) is 9.14. The van der Waals surface area contributed by atoms with E-state index in [2.05, 4.69) is 62.0 Å². The predicted octanol–water partition coefficient (Wildman–Crippen LogP) is -0.308. The molecule has 0 aromatic heterocycles. The van der Waals surface area contributed by atoms with Gasteiger partial charge in [0.25, 0.3) is 0 Å². The van der Waals surface area contributed by atoms with Crippen LogP contribution >= 0.6 is 0 Å². The molecule has 5 heteroatoms. The number of hydrogen-bond acceptors (Lipinski definition) is 2. The SMILES string of the molecule is C=CC(=O)[O-].CC[N+](CC)(CC)CC.CC[N+](CC)(CC)CC.[Cl-]. The van der Waals surface area contributed by atoms with Crippen molar-refractivity contribution in [3.8, 4) is 0 Å². The quantitative estimate of drug-likeness (QED) is 0.415. The summed E-state index contributed by atoms with van der Waals surface area (Å²) in [5, 5.41) is 9.14. The van der Waals surface area contributed by atoms with Gasteiger partial charge in [0.05, 0.1) is 58.3 Å². The summed E-state index contributed by atoms with van der Waals surface area (Å²) in [7, 11) is 0. The number of carbonyl (C=O) groups is 1. The number of carboxylic acid groups (broad SMARTS) is 1. The fourth-order valence-electron chi connectivity index (χ4n) is 2.68. The van der Waals surface area contributed by atoms with Crippen molar-refractivity contribution in [3.05, 3.63) is 12.7 Å². The molecule has 0 aromatic rings. The van der Waals surface area contributed by atoms with E-state index in [0.717, 1.165) is 6.08 Å². The van der Waals surface area contributed by atoms with Crippen LogP contribution in [0.4, 0.5) is 0 Å². The molecule has 0 saturated heterocycles. The smallest absolute Gasteiger partial charge is 0.0757 e. The Morgan fingerprint density at radius 1 is 0.708 bits per heavy atom. The first-order valence-corrected chi connectivity index (χ1v) is 9.29. The molecule has 0 radical (unpaired) electrons. The molecule has 0 fully saturated rings. The molecule has 0 aromatic carbocycles. The van der Waals surface area contributed by atoms with Gasteiger partial charge in [-0.1, -0.05) is 6.58 Å². The van der Waals surface area contributed by atoms with Crippen molar-refractivity contribution in [1.29, 1.82) is 0 Å². The first-order chi connectivity index (χ1) is 10.8. The Morgan fingerprint density at radius 3 is 0.833 bits per heavy atom. The summed E-state index contributed by atoms with van der Waals surface area (Å²) in [6.45, 7) is 31.3. The Kier molecular flexibility index (Phi) is 24.4. The molecule has 0 aliphatic carbocycles. The Balaban J connectivity index is -0.000000128. The highest BCUT2D eigenvalue weighted by Crippen LogP contribution is 2.03. The van der Waals surface area contributed by atoms with E-state index in [-0.39, 0.29) is 12.4 Å². The van der Waals surface area contributed by atoms with E-state index in [4.69, 9.17) is 9.90 Å². The van der Waals surface area contributed by atoms with Crippen LogP contribution in [-0.4, -0.2) is 67.3 Å². The highest BCUT2D eigenvalue weighted by Gasteiger charge is 2.16. The van der Waals surface area contributed by atoms with Gasteiger partial charge in [0.15, 0.2) is 0 Å². The lowest BCUT2D eigenvalue weighted by Crippen LogP contribution is -3.00. The number of quaternary nitrogens is 2. The molecule has 0 atom stereocenters. The van der Waals surface area contributed by atoms with Gasteiger partial charge in [-0.3, -0.25) is 0 Å². The molecular weight excluding hydrogens is 324 g/mol. The van der Waals surface area contributed by atoms with Crippen LogP contribution in [0.2, 0.25) is 0 Å². The number of rotatable bonds is 9. The second kappa shape index (κ2) is 18.8. The minimum Gasteiger partial charge on any atom is -1.00 e. The largest absolute Gasteiger partial charge is 1.00 e. The molecule has 0 heterocycles. The Morgan fingerprint density at radius 2 is 0.833 bits per heavy atom. The van der Waals surface area contributed by atoms with Crippen LogP contribution in [0.5, 0.6) is 0 Å². The van der Waals surface area contributed by atoms with E-state index in [1.54, 1.807) is 0 Å². The fourth-order valence-corrected chi connectivity index (χ4v) is 2.68. The van der Waals surface area contributed by atoms with E-state index in [1.807, 2.05) is 0 Å². The molecular formula is C19H43ClN2O2. The zero-order chi connectivity index (χ0) is 18.9. The first-order valence-electron chi connectivity index (χ1n) is 9.29. The van der Waals surface area contributed by atoms with Crippen LogP contribution in [0.1, 0.15) is 55.4 Å². The Bertz CT molecular complexity index is 234. The van der Waals surface area contributed by atoms with Crippen molar-refractivity contribution in [3.63, 3.8) is 0 Å². The van der Waals surface area contributed by atoms with Crippen LogP contribution in [0.3, 0.4) is 0 Å². The van der Waals surface area contributed by atoms with Crippen molar-refractivity contribution in [1.82, 2.24) is 0 Å². The highest BCUT2D eigenvalue weighted by atomic mass is 35.5. The second-order valence-electron chi connectivity index (χ2n) is 5.74. The maximum Gasteiger partial charge on any atom is 0.0757 e. The monoisotopic (exact) mass is 366 g/mol. The van der Waals surface area contributed by atoms with Crippen molar-refractivity contribution in [2.45, 2.75) is 55.4 Å². The molecule has 0 saturated carbocycles. The topological polar surface area (TPSA) is 40.1 Å². The van der Waals surface area contributed by atoms with Crippen LogP contribution < -0.4 is 17.5 Å². The first kappa shape index (κ1) is 31.2. The third kappa shape index (κ3) is 13.8. The third-order valence-corrected chi connectivity index (χ3v) is 5.53. The van der Waals surface area contributed by atoms with Gasteiger partial charge in [0.2, 0.25) is 0 Å². The molecule has 0 unspecified atom stereocenters. The standard InChI is InChI=1S/2C8H20N.C3H4O2.ClH/c2*1-5-9(6-2,7-3)8-4;1-2-3(4)5;/h2*5-8H2,1-4H3;2H,1H2,(H,4,5);1H/q2*+1;;/p-2. The summed E-state index contributed by atoms with van der Waals surface area (Å²) >= 11 is 0. The minimum absolute atomic E-state index is 0. The van der Waals surface area contributed by atoms with Crippen LogP contribution in [0, 0.1) is 0 Å². The maximum atomic E-state index is 9.14. The number of aliphatic carboxylic acids is 1. The molecule has 0 amide bonds. The summed E-state index contributed by atoms with van der Waals surface area (Å²) in [6.07, 6.45) is 0.722. The molecule has 0 rings (SSSR count). The van der Waals surface area contributed by atoms with Crippen molar-refractivity contribution in [2.24, 2.45) is 0 Å². The molecule has 148 valence electrons. The Hall–Kier alpha value is -0.580. The average molecular weight is 367 g/mol. The van der Waals surface area contributed by atoms with E-state index in [9.17, 15) is 0 Å². The number of nitrogens with zero attached hydrogens (tertiary/aromatic N) is 2. The normalized spacial score (nSPS) is 10.3. The number of carbonyl (C=O) groups excluding carboxylic acids is 1. The van der Waals surface area contributed by atoms with Gasteiger partial charge in [0.1, 0.15) is 0 Å². The molecule has 0 aliphatic rings. The van der Waals surface area contributed by atoms with Crippen LogP contribution in [0.15, 0.2) is 12.7 Å². The zero-order valence-corrected chi connectivity index (χ0v) is 18.3. The lowest BCUT2D eigenvalue weighted by Gasteiger charge is -2.34. The van der Waals surface area contributed by atoms with Crippen molar-refractivity contribution < 1.29 is 31.3 Å². The zero-order valence-electron chi connectivity index (χ0n) is 17.5. The fraction of sp³-hybridized carbons (Fsp3) is 0.842. The van der Waals surface area contributed by atoms with E-state index < -0.39 is 5.97 Å². The molecule has 0 bridgehead atoms. The number of carboxylic acids is 1. The van der Waals surface area contributed by atoms with E-state index in [0.29, 0.717) is 0 Å². The molecule has 24 heavy (non-hydrogen) atoms. The van der Waals surface area contributed by atoms with Gasteiger partial charge >= 0.3 is 0 Å². The molecule has 0 aliphatic heterocycles. The van der Waals surface area contributed by atoms with Gasteiger partial charge in [-0.2, -0.15) is 0 Å². The van der Waals surface area contributed by atoms with Gasteiger partial charge in [-0.05, 0) is 61.5 Å². The summed E-state index contributed by atoms with van der Waals surface area (Å²) in [5.41, 5.74) is 0. The lowest BCUT2D eigenvalue weighted by molar-refractivity contribution is -0.921. The highest BCUT2D eigenvalue weighted by molar-refractivity contribution is 5.76. The average Bonchev–Trinajstić information content (AvgIpc) is 2.61.